The van der Waals surface area contributed by atoms with Gasteiger partial charge >= 0.3 is 18.3 Å². The van der Waals surface area contributed by atoms with E-state index in [4.69, 9.17) is 5.11 Å². The minimum Gasteiger partial charge on any atom is -0.481 e. The number of cyclic esters (lactones) is 4. The molecule has 0 saturated carbocycles. The monoisotopic (exact) mass is 318 g/mol. The highest BCUT2D eigenvalue weighted by atomic mass is 16.7. The van der Waals surface area contributed by atoms with Crippen molar-refractivity contribution in [3.8, 4) is 0 Å². The number of Topliss-reactive ketones (excluding diaryl/α,β-unsaturated/α-hetero) is 1. The molecular formula is C13H18O9. The number of carbonyl (C=O) groups is 4. The summed E-state index contributed by atoms with van der Waals surface area (Å²) >= 11 is 0. The van der Waals surface area contributed by atoms with E-state index < -0.39 is 29.1 Å². The van der Waals surface area contributed by atoms with Gasteiger partial charge in [0.15, 0.2) is 0 Å². The van der Waals surface area contributed by atoms with Crippen LogP contribution >= 0.6 is 0 Å². The Morgan fingerprint density at radius 2 is 1.18 bits per heavy atom. The van der Waals surface area contributed by atoms with Crippen LogP contribution in [0.2, 0.25) is 0 Å². The molecule has 0 bridgehead atoms. The van der Waals surface area contributed by atoms with Crippen LogP contribution in [0.15, 0.2) is 0 Å². The van der Waals surface area contributed by atoms with Crippen LogP contribution in [0.1, 0.15) is 20.8 Å². The quantitative estimate of drug-likeness (QED) is 0.742. The van der Waals surface area contributed by atoms with Crippen molar-refractivity contribution in [2.24, 2.45) is 10.8 Å². The van der Waals surface area contributed by atoms with E-state index in [0.29, 0.717) is 0 Å². The van der Waals surface area contributed by atoms with Crippen LogP contribution in [-0.4, -0.2) is 55.6 Å². The van der Waals surface area contributed by atoms with Crippen LogP contribution in [0.3, 0.4) is 0 Å². The number of rotatable bonds is 2. The third kappa shape index (κ3) is 4.34. The van der Waals surface area contributed by atoms with Gasteiger partial charge in [0.25, 0.3) is 0 Å². The first kappa shape index (κ1) is 17.7. The van der Waals surface area contributed by atoms with Gasteiger partial charge in [-0.2, -0.15) is 0 Å². The number of aliphatic carboxylic acids is 1. The first-order valence-corrected chi connectivity index (χ1v) is 6.43. The van der Waals surface area contributed by atoms with Crippen LogP contribution in [0.5, 0.6) is 0 Å². The van der Waals surface area contributed by atoms with E-state index in [1.807, 2.05) is 0 Å². The lowest BCUT2D eigenvalue weighted by Crippen LogP contribution is -2.42. The fourth-order valence-corrected chi connectivity index (χ4v) is 1.37. The van der Waals surface area contributed by atoms with Gasteiger partial charge in [-0.1, -0.05) is 0 Å². The average Bonchev–Trinajstić information content (AvgIpc) is 2.46. The van der Waals surface area contributed by atoms with Crippen molar-refractivity contribution in [3.05, 3.63) is 0 Å². The Labute approximate surface area is 126 Å². The maximum Gasteiger partial charge on any atom is 0.508 e. The molecule has 2 aliphatic heterocycles. The zero-order valence-electron chi connectivity index (χ0n) is 12.5. The lowest BCUT2D eigenvalue weighted by atomic mass is 9.88. The molecule has 0 atom stereocenters. The van der Waals surface area contributed by atoms with Crippen molar-refractivity contribution in [1.29, 1.82) is 0 Å². The molecule has 2 saturated heterocycles. The van der Waals surface area contributed by atoms with Gasteiger partial charge in [-0.05, 0) is 20.8 Å². The van der Waals surface area contributed by atoms with Crippen LogP contribution in [0.4, 0.5) is 9.59 Å². The molecule has 9 heteroatoms. The van der Waals surface area contributed by atoms with Gasteiger partial charge in [-0.15, -0.1) is 0 Å². The molecule has 0 unspecified atom stereocenters. The second-order valence-electron chi connectivity index (χ2n) is 5.64. The summed E-state index contributed by atoms with van der Waals surface area (Å²) in [7, 11) is 0. The molecule has 2 aliphatic rings. The van der Waals surface area contributed by atoms with Gasteiger partial charge in [0.05, 0.1) is 5.41 Å². The Bertz CT molecular complexity index is 418. The highest BCUT2D eigenvalue weighted by Crippen LogP contribution is 2.23. The molecule has 0 aliphatic carbocycles. The maximum absolute atomic E-state index is 11.0. The topological polar surface area (TPSA) is 125 Å². The lowest BCUT2D eigenvalue weighted by Gasteiger charge is -2.29. The minimum atomic E-state index is -1.09. The Morgan fingerprint density at radius 1 is 0.864 bits per heavy atom. The first-order valence-electron chi connectivity index (χ1n) is 6.43. The molecular weight excluding hydrogens is 300 g/mol. The maximum atomic E-state index is 11.0. The predicted octanol–water partition coefficient (Wildman–Crippen LogP) is 0.993. The summed E-state index contributed by atoms with van der Waals surface area (Å²) in [5.74, 6) is -1.05. The molecule has 0 amide bonds. The second kappa shape index (κ2) is 6.63. The fraction of sp³-hybridized carbons (Fsp3) is 0.692. The Morgan fingerprint density at radius 3 is 1.45 bits per heavy atom. The molecule has 2 heterocycles. The van der Waals surface area contributed by atoms with Crippen molar-refractivity contribution in [1.82, 2.24) is 0 Å². The van der Waals surface area contributed by atoms with Crippen LogP contribution in [0, 0.1) is 10.8 Å². The van der Waals surface area contributed by atoms with E-state index in [9.17, 15) is 19.2 Å². The number of carboxylic acids is 1. The molecule has 9 nitrogen and oxygen atoms in total. The smallest absolute Gasteiger partial charge is 0.481 e. The molecule has 1 N–H and O–H groups in total. The van der Waals surface area contributed by atoms with Gasteiger partial charge in [0.2, 0.25) is 0 Å². The van der Waals surface area contributed by atoms with Gasteiger partial charge < -0.3 is 24.1 Å². The minimum absolute atomic E-state index is 0.0231. The highest BCUT2D eigenvalue weighted by Gasteiger charge is 2.40. The Balaban J connectivity index is 0.000000220. The molecule has 0 aromatic carbocycles. The first-order chi connectivity index (χ1) is 10.1. The third-order valence-corrected chi connectivity index (χ3v) is 3.40. The summed E-state index contributed by atoms with van der Waals surface area (Å²) in [6.07, 6.45) is -1.49. The average molecular weight is 318 g/mol. The van der Waals surface area contributed by atoms with Crippen LogP contribution in [0.25, 0.3) is 0 Å². The van der Waals surface area contributed by atoms with Crippen molar-refractivity contribution in [2.75, 3.05) is 26.4 Å². The van der Waals surface area contributed by atoms with E-state index in [-0.39, 0.29) is 32.2 Å². The van der Waals surface area contributed by atoms with E-state index in [2.05, 4.69) is 18.9 Å². The molecule has 0 aromatic rings. The molecule has 0 radical (unpaired) electrons. The summed E-state index contributed by atoms with van der Waals surface area (Å²) in [4.78, 5) is 42.2. The van der Waals surface area contributed by atoms with Crippen molar-refractivity contribution in [3.63, 3.8) is 0 Å². The van der Waals surface area contributed by atoms with Gasteiger partial charge in [-0.25, -0.2) is 9.59 Å². The summed E-state index contributed by atoms with van der Waals surface area (Å²) < 4.78 is 18.0. The lowest BCUT2D eigenvalue weighted by molar-refractivity contribution is -0.159. The predicted molar refractivity (Wildman–Crippen MR) is 69.1 cm³/mol. The number of hydrogen-bond donors (Lipinski definition) is 1. The van der Waals surface area contributed by atoms with Crippen LogP contribution in [-0.2, 0) is 28.5 Å². The standard InChI is InChI=1S/C7H10O4.C6H8O5/c1-5(8)7(2)3-10-6(9)11-4-7;1-6(4(7)8)2-10-5(9)11-3-6/h3-4H2,1-2H3;2-3H2,1H3,(H,7,8). The van der Waals surface area contributed by atoms with E-state index in [0.717, 1.165) is 0 Å². The van der Waals surface area contributed by atoms with E-state index >= 15 is 0 Å². The normalized spacial score (nSPS) is 21.8. The van der Waals surface area contributed by atoms with E-state index in [1.54, 1.807) is 6.92 Å². The summed E-state index contributed by atoms with van der Waals surface area (Å²) in [5, 5.41) is 8.61. The number of ether oxygens (including phenoxy) is 4. The summed E-state index contributed by atoms with van der Waals surface area (Å²) in [6.45, 7) is 4.64. The molecule has 2 rings (SSSR count). The number of carboxylic acid groups (broad SMARTS) is 1. The van der Waals surface area contributed by atoms with Crippen LogP contribution < -0.4 is 0 Å². The number of carbonyl (C=O) groups excluding carboxylic acids is 3. The fourth-order valence-electron chi connectivity index (χ4n) is 1.37. The van der Waals surface area contributed by atoms with Crippen molar-refractivity contribution >= 4 is 24.1 Å². The highest BCUT2D eigenvalue weighted by molar-refractivity contribution is 5.83. The van der Waals surface area contributed by atoms with E-state index in [1.165, 1.54) is 13.8 Å². The third-order valence-electron chi connectivity index (χ3n) is 3.40. The number of hydrogen-bond acceptors (Lipinski definition) is 8. The van der Waals surface area contributed by atoms with Gasteiger partial charge in [-0.3, -0.25) is 9.59 Å². The summed E-state index contributed by atoms with van der Waals surface area (Å²) in [5.41, 5.74) is -1.73. The Kier molecular flexibility index (Phi) is 5.34. The van der Waals surface area contributed by atoms with Crippen molar-refractivity contribution in [2.45, 2.75) is 20.8 Å². The molecule has 124 valence electrons. The zero-order chi connectivity index (χ0) is 17.0. The Hall–Kier alpha value is -2.32. The van der Waals surface area contributed by atoms with Crippen molar-refractivity contribution < 1.29 is 43.2 Å². The van der Waals surface area contributed by atoms with Gasteiger partial charge in [0.1, 0.15) is 37.6 Å². The zero-order valence-corrected chi connectivity index (χ0v) is 12.5. The number of ketones is 1. The molecule has 0 spiro atoms. The molecule has 0 aromatic heterocycles. The summed E-state index contributed by atoms with van der Waals surface area (Å²) in [6, 6.07) is 0. The second-order valence-corrected chi connectivity index (χ2v) is 5.64. The molecule has 2 fully saturated rings. The van der Waals surface area contributed by atoms with Gasteiger partial charge in [0, 0.05) is 0 Å². The SMILES string of the molecule is CC(=O)C1(C)COC(=O)OC1.CC1(C(=O)O)COC(=O)OC1. The largest absolute Gasteiger partial charge is 0.508 e. The molecule has 22 heavy (non-hydrogen) atoms.